The van der Waals surface area contributed by atoms with Gasteiger partial charge < -0.3 is 5.32 Å². The van der Waals surface area contributed by atoms with E-state index in [0.29, 0.717) is 11.6 Å². The molecule has 0 spiro atoms. The average Bonchev–Trinajstić information content (AvgIpc) is 2.75. The number of hydrogen-bond acceptors (Lipinski definition) is 4. The van der Waals surface area contributed by atoms with Gasteiger partial charge in [-0.2, -0.15) is 0 Å². The summed E-state index contributed by atoms with van der Waals surface area (Å²) in [6.07, 6.45) is 4.77. The molecule has 1 amide bonds. The molecule has 1 fully saturated rings. The van der Waals surface area contributed by atoms with Gasteiger partial charge >= 0.3 is 0 Å². The highest BCUT2D eigenvalue weighted by Gasteiger charge is 2.29. The lowest BCUT2D eigenvalue weighted by molar-refractivity contribution is -0.122. The van der Waals surface area contributed by atoms with Crippen LogP contribution in [0.15, 0.2) is 42.5 Å². The van der Waals surface area contributed by atoms with Crippen LogP contribution in [0.25, 0.3) is 0 Å². The predicted molar refractivity (Wildman–Crippen MR) is 131 cm³/mol. The van der Waals surface area contributed by atoms with Gasteiger partial charge in [0.15, 0.2) is 0 Å². The number of anilines is 1. The molecule has 9 heteroatoms. The van der Waals surface area contributed by atoms with Crippen LogP contribution < -0.4 is 9.62 Å². The number of benzene rings is 2. The monoisotopic (exact) mass is 497 g/mol. The Kier molecular flexibility index (Phi) is 8.44. The zero-order valence-electron chi connectivity index (χ0n) is 18.4. The van der Waals surface area contributed by atoms with E-state index in [-0.39, 0.29) is 10.7 Å². The molecule has 0 radical (unpaired) electrons. The molecule has 32 heavy (non-hydrogen) atoms. The van der Waals surface area contributed by atoms with Crippen molar-refractivity contribution in [2.45, 2.75) is 45.3 Å². The van der Waals surface area contributed by atoms with Gasteiger partial charge in [0.2, 0.25) is 15.9 Å². The Balaban J connectivity index is 1.72. The molecular weight excluding hydrogens is 469 g/mol. The Hall–Kier alpha value is -1.80. The topological polar surface area (TPSA) is 69.7 Å². The van der Waals surface area contributed by atoms with E-state index in [1.807, 2.05) is 18.2 Å². The minimum absolute atomic E-state index is 0.220. The second kappa shape index (κ2) is 10.9. The number of nitrogens with one attached hydrogen (secondary N) is 1. The number of rotatable bonds is 8. The molecule has 1 atom stereocenters. The van der Waals surface area contributed by atoms with Crippen molar-refractivity contribution in [3.63, 3.8) is 0 Å². The Morgan fingerprint density at radius 3 is 2.34 bits per heavy atom. The molecule has 174 valence electrons. The van der Waals surface area contributed by atoms with Gasteiger partial charge in [-0.1, -0.05) is 53.9 Å². The molecule has 1 heterocycles. The second-order valence-corrected chi connectivity index (χ2v) is 10.8. The van der Waals surface area contributed by atoms with Gasteiger partial charge in [-0.3, -0.25) is 14.0 Å². The minimum Gasteiger partial charge on any atom is -0.350 e. The van der Waals surface area contributed by atoms with Crippen LogP contribution in [0.4, 0.5) is 5.69 Å². The van der Waals surface area contributed by atoms with Crippen molar-refractivity contribution in [2.24, 2.45) is 0 Å². The standard InChI is InChI=1S/C23H29Cl2N3O3S/c1-17(28(32(2,30)31)20-10-11-21(24)22(25)14-20)23(29)26-15-18-8-4-5-9-19(18)16-27-12-6-3-7-13-27/h4-5,8-11,14,17H,3,6-7,12-13,15-16H2,1-2H3,(H,26,29)/t17-/m0/s1. The summed E-state index contributed by atoms with van der Waals surface area (Å²) in [6, 6.07) is 11.6. The molecule has 1 aliphatic heterocycles. The Morgan fingerprint density at radius 1 is 1.06 bits per heavy atom. The maximum Gasteiger partial charge on any atom is 0.243 e. The fraction of sp³-hybridized carbons (Fsp3) is 0.435. The molecule has 0 saturated carbocycles. The van der Waals surface area contributed by atoms with Crippen molar-refractivity contribution in [1.29, 1.82) is 0 Å². The van der Waals surface area contributed by atoms with E-state index < -0.39 is 22.0 Å². The molecule has 0 aromatic heterocycles. The number of carbonyl (C=O) groups excluding carboxylic acids is 1. The van der Waals surface area contributed by atoms with E-state index in [0.717, 1.165) is 35.8 Å². The van der Waals surface area contributed by atoms with Gasteiger partial charge in [-0.05, 0) is 62.2 Å². The van der Waals surface area contributed by atoms with Gasteiger partial charge in [-0.15, -0.1) is 0 Å². The molecular formula is C23H29Cl2N3O3S. The number of halogens is 2. The third-order valence-corrected chi connectivity index (χ3v) is 7.64. The van der Waals surface area contributed by atoms with Crippen LogP contribution in [0.5, 0.6) is 0 Å². The van der Waals surface area contributed by atoms with E-state index >= 15 is 0 Å². The minimum atomic E-state index is -3.74. The number of amides is 1. The first kappa shape index (κ1) is 24.8. The van der Waals surface area contributed by atoms with Crippen LogP contribution in [-0.4, -0.2) is 44.6 Å². The summed E-state index contributed by atoms with van der Waals surface area (Å²) in [4.78, 5) is 15.4. The normalized spacial score (nSPS) is 15.9. The fourth-order valence-corrected chi connectivity index (χ4v) is 5.46. The lowest BCUT2D eigenvalue weighted by Crippen LogP contribution is -2.47. The highest BCUT2D eigenvalue weighted by atomic mass is 35.5. The van der Waals surface area contributed by atoms with Crippen molar-refractivity contribution in [2.75, 3.05) is 23.7 Å². The zero-order chi connectivity index (χ0) is 23.3. The summed E-state index contributed by atoms with van der Waals surface area (Å²) in [5, 5.41) is 3.43. The van der Waals surface area contributed by atoms with E-state index in [9.17, 15) is 13.2 Å². The number of nitrogens with zero attached hydrogens (tertiary/aromatic N) is 2. The van der Waals surface area contributed by atoms with Crippen molar-refractivity contribution in [3.8, 4) is 0 Å². The molecule has 2 aromatic rings. The third-order valence-electron chi connectivity index (χ3n) is 5.66. The number of piperidine rings is 1. The molecule has 1 N–H and O–H groups in total. The predicted octanol–water partition coefficient (Wildman–Crippen LogP) is 4.45. The Morgan fingerprint density at radius 2 is 1.72 bits per heavy atom. The molecule has 0 aliphatic carbocycles. The molecule has 1 saturated heterocycles. The van der Waals surface area contributed by atoms with E-state index in [1.54, 1.807) is 6.92 Å². The van der Waals surface area contributed by atoms with Crippen LogP contribution in [0, 0.1) is 0 Å². The molecule has 1 aliphatic rings. The summed E-state index contributed by atoms with van der Waals surface area (Å²) >= 11 is 12.0. The summed E-state index contributed by atoms with van der Waals surface area (Å²) < 4.78 is 26.0. The maximum atomic E-state index is 12.9. The summed E-state index contributed by atoms with van der Waals surface area (Å²) in [6.45, 7) is 4.90. The number of sulfonamides is 1. The number of hydrogen-bond donors (Lipinski definition) is 1. The molecule has 0 bridgehead atoms. The summed E-state index contributed by atoms with van der Waals surface area (Å²) in [5.74, 6) is -0.394. The Bertz CT molecular complexity index is 1060. The van der Waals surface area contributed by atoms with E-state index in [4.69, 9.17) is 23.2 Å². The molecule has 3 rings (SSSR count). The summed E-state index contributed by atoms with van der Waals surface area (Å²) in [7, 11) is -3.74. The van der Waals surface area contributed by atoms with Gasteiger partial charge in [-0.25, -0.2) is 8.42 Å². The van der Waals surface area contributed by atoms with Crippen molar-refractivity contribution >= 4 is 44.8 Å². The van der Waals surface area contributed by atoms with Crippen molar-refractivity contribution in [1.82, 2.24) is 10.2 Å². The van der Waals surface area contributed by atoms with Crippen LogP contribution in [0.2, 0.25) is 10.0 Å². The van der Waals surface area contributed by atoms with Crippen LogP contribution >= 0.6 is 23.2 Å². The first-order valence-corrected chi connectivity index (χ1v) is 13.3. The van der Waals surface area contributed by atoms with Gasteiger partial charge in [0.05, 0.1) is 22.0 Å². The van der Waals surface area contributed by atoms with Gasteiger partial charge in [0.1, 0.15) is 6.04 Å². The van der Waals surface area contributed by atoms with Crippen LogP contribution in [0.1, 0.15) is 37.3 Å². The zero-order valence-corrected chi connectivity index (χ0v) is 20.7. The fourth-order valence-electron chi connectivity index (χ4n) is 4.00. The van der Waals surface area contributed by atoms with Crippen LogP contribution in [-0.2, 0) is 27.9 Å². The largest absolute Gasteiger partial charge is 0.350 e. The smallest absolute Gasteiger partial charge is 0.243 e. The van der Waals surface area contributed by atoms with Crippen molar-refractivity contribution < 1.29 is 13.2 Å². The average molecular weight is 498 g/mol. The lowest BCUT2D eigenvalue weighted by Gasteiger charge is -2.29. The molecule has 2 aromatic carbocycles. The summed E-state index contributed by atoms with van der Waals surface area (Å²) in [5.41, 5.74) is 2.49. The maximum absolute atomic E-state index is 12.9. The van der Waals surface area contributed by atoms with Crippen molar-refractivity contribution in [3.05, 3.63) is 63.6 Å². The lowest BCUT2D eigenvalue weighted by atomic mass is 10.0. The second-order valence-electron chi connectivity index (χ2n) is 8.16. The quantitative estimate of drug-likeness (QED) is 0.584. The van der Waals surface area contributed by atoms with Gasteiger partial charge in [0, 0.05) is 13.1 Å². The SMILES string of the molecule is C[C@@H](C(=O)NCc1ccccc1CN1CCCCC1)N(c1ccc(Cl)c(Cl)c1)S(C)(=O)=O. The number of carbonyl (C=O) groups is 1. The molecule has 6 nitrogen and oxygen atoms in total. The Labute approximate surface area is 200 Å². The molecule has 0 unspecified atom stereocenters. The van der Waals surface area contributed by atoms with Crippen LogP contribution in [0.3, 0.4) is 0 Å². The van der Waals surface area contributed by atoms with E-state index in [2.05, 4.69) is 16.3 Å². The highest BCUT2D eigenvalue weighted by molar-refractivity contribution is 7.92. The van der Waals surface area contributed by atoms with E-state index in [1.165, 1.54) is 43.0 Å². The highest BCUT2D eigenvalue weighted by Crippen LogP contribution is 2.29. The third kappa shape index (κ3) is 6.38. The number of likely N-dealkylation sites (tertiary alicyclic amines) is 1. The first-order valence-electron chi connectivity index (χ1n) is 10.7. The first-order chi connectivity index (χ1) is 15.2. The van der Waals surface area contributed by atoms with Gasteiger partial charge in [0.25, 0.3) is 0 Å².